The van der Waals surface area contributed by atoms with Crippen LogP contribution in [0.25, 0.3) is 0 Å². The van der Waals surface area contributed by atoms with E-state index < -0.39 is 6.09 Å². The van der Waals surface area contributed by atoms with Crippen LogP contribution in [0.1, 0.15) is 12.7 Å². The van der Waals surface area contributed by atoms with Crippen molar-refractivity contribution in [3.05, 3.63) is 12.2 Å². The lowest BCUT2D eigenvalue weighted by Crippen LogP contribution is -2.18. The van der Waals surface area contributed by atoms with Crippen molar-refractivity contribution in [1.29, 1.82) is 0 Å². The van der Waals surface area contributed by atoms with E-state index in [1.165, 1.54) is 6.33 Å². The van der Waals surface area contributed by atoms with E-state index in [4.69, 9.17) is 5.73 Å². The monoisotopic (exact) mass is 168 g/mol. The van der Waals surface area contributed by atoms with Gasteiger partial charge < -0.3 is 10.5 Å². The third kappa shape index (κ3) is 2.15. The van der Waals surface area contributed by atoms with Crippen molar-refractivity contribution in [2.24, 2.45) is 5.73 Å². The van der Waals surface area contributed by atoms with Crippen molar-refractivity contribution in [2.75, 3.05) is 0 Å². The summed E-state index contributed by atoms with van der Waals surface area (Å²) in [5.74, 6) is 0.557. The fourth-order valence-electron chi connectivity index (χ4n) is 0.623. The molecular formula is C6H8N4O2. The second-order valence-electron chi connectivity index (χ2n) is 1.96. The first kappa shape index (κ1) is 8.38. The zero-order valence-electron chi connectivity index (χ0n) is 6.52. The molecule has 12 heavy (non-hydrogen) atoms. The highest BCUT2D eigenvalue weighted by Crippen LogP contribution is 1.99. The molecule has 6 nitrogen and oxygen atoms in total. The van der Waals surface area contributed by atoms with E-state index in [-0.39, 0.29) is 6.01 Å². The van der Waals surface area contributed by atoms with Crippen LogP contribution in [-0.2, 0) is 6.42 Å². The molecular weight excluding hydrogens is 160 g/mol. The largest absolute Gasteiger partial charge is 0.412 e. The van der Waals surface area contributed by atoms with Gasteiger partial charge in [0.2, 0.25) is 0 Å². The van der Waals surface area contributed by atoms with E-state index in [1.807, 2.05) is 6.92 Å². The summed E-state index contributed by atoms with van der Waals surface area (Å²) in [7, 11) is 0. The molecule has 1 heterocycles. The van der Waals surface area contributed by atoms with Crippen molar-refractivity contribution in [3.8, 4) is 6.01 Å². The van der Waals surface area contributed by atoms with Gasteiger partial charge in [-0.1, -0.05) is 6.92 Å². The van der Waals surface area contributed by atoms with E-state index in [2.05, 4.69) is 19.7 Å². The number of ether oxygens (including phenoxy) is 1. The standard InChI is InChI=1S/C6H8N4O2/c1-2-4-8-3-9-6(10-4)12-5(7)11/h3H,2H2,1H3,(H2,7,11). The predicted molar refractivity (Wildman–Crippen MR) is 39.4 cm³/mol. The second-order valence-corrected chi connectivity index (χ2v) is 1.96. The van der Waals surface area contributed by atoms with Crippen LogP contribution < -0.4 is 10.5 Å². The lowest BCUT2D eigenvalue weighted by molar-refractivity contribution is 0.206. The highest BCUT2D eigenvalue weighted by atomic mass is 16.6. The predicted octanol–water partition coefficient (Wildman–Crippen LogP) is -0.108. The van der Waals surface area contributed by atoms with E-state index in [0.717, 1.165) is 0 Å². The SMILES string of the molecule is CCc1ncnc(OC(N)=O)n1. The minimum atomic E-state index is -0.928. The van der Waals surface area contributed by atoms with E-state index in [1.54, 1.807) is 0 Å². The summed E-state index contributed by atoms with van der Waals surface area (Å²) in [6, 6.07) is -0.0608. The molecule has 0 aliphatic heterocycles. The Labute approximate surface area is 68.8 Å². The van der Waals surface area contributed by atoms with Gasteiger partial charge in [0.15, 0.2) is 0 Å². The summed E-state index contributed by atoms with van der Waals surface area (Å²) in [4.78, 5) is 21.4. The first-order valence-electron chi connectivity index (χ1n) is 3.37. The second kappa shape index (κ2) is 3.61. The van der Waals surface area contributed by atoms with Crippen LogP contribution in [0, 0.1) is 0 Å². The summed E-state index contributed by atoms with van der Waals surface area (Å²) in [6.45, 7) is 1.88. The quantitative estimate of drug-likeness (QED) is 0.665. The zero-order chi connectivity index (χ0) is 8.97. The van der Waals surface area contributed by atoms with Crippen molar-refractivity contribution in [2.45, 2.75) is 13.3 Å². The Morgan fingerprint density at radius 1 is 1.67 bits per heavy atom. The summed E-state index contributed by atoms with van der Waals surface area (Å²) in [6.07, 6.45) is 0.991. The number of nitrogens with zero attached hydrogens (tertiary/aromatic N) is 3. The number of primary amides is 1. The van der Waals surface area contributed by atoms with E-state index >= 15 is 0 Å². The van der Waals surface area contributed by atoms with Crippen LogP contribution in [0.5, 0.6) is 6.01 Å². The minimum Gasteiger partial charge on any atom is -0.374 e. The van der Waals surface area contributed by atoms with Gasteiger partial charge in [0.25, 0.3) is 0 Å². The lowest BCUT2D eigenvalue weighted by Gasteiger charge is -1.98. The fraction of sp³-hybridized carbons (Fsp3) is 0.333. The molecule has 0 radical (unpaired) electrons. The average Bonchev–Trinajstić information content (AvgIpc) is 2.03. The van der Waals surface area contributed by atoms with Gasteiger partial charge in [-0.05, 0) is 0 Å². The van der Waals surface area contributed by atoms with Gasteiger partial charge in [0, 0.05) is 6.42 Å². The Hall–Kier alpha value is -1.72. The molecule has 0 aliphatic carbocycles. The third-order valence-corrected chi connectivity index (χ3v) is 1.11. The van der Waals surface area contributed by atoms with Crippen molar-refractivity contribution >= 4 is 6.09 Å². The molecule has 2 N–H and O–H groups in total. The maximum atomic E-state index is 10.3. The molecule has 0 saturated carbocycles. The number of rotatable bonds is 2. The number of carbonyl (C=O) groups is 1. The van der Waals surface area contributed by atoms with Gasteiger partial charge >= 0.3 is 12.1 Å². The van der Waals surface area contributed by atoms with Crippen molar-refractivity contribution in [3.63, 3.8) is 0 Å². The van der Waals surface area contributed by atoms with Gasteiger partial charge in [0.05, 0.1) is 0 Å². The van der Waals surface area contributed by atoms with Gasteiger partial charge in [0.1, 0.15) is 12.2 Å². The van der Waals surface area contributed by atoms with Gasteiger partial charge in [-0.2, -0.15) is 9.97 Å². The molecule has 1 rings (SSSR count). The van der Waals surface area contributed by atoms with Gasteiger partial charge in [-0.15, -0.1) is 0 Å². The molecule has 0 atom stereocenters. The summed E-state index contributed by atoms with van der Waals surface area (Å²) >= 11 is 0. The molecule has 1 aromatic rings. The highest BCUT2D eigenvalue weighted by Gasteiger charge is 2.02. The van der Waals surface area contributed by atoms with Crippen LogP contribution in [0.4, 0.5) is 4.79 Å². The summed E-state index contributed by atoms with van der Waals surface area (Å²) in [5, 5.41) is 0. The molecule has 0 saturated heterocycles. The van der Waals surface area contributed by atoms with Crippen LogP contribution in [0.3, 0.4) is 0 Å². The van der Waals surface area contributed by atoms with Crippen molar-refractivity contribution in [1.82, 2.24) is 15.0 Å². The van der Waals surface area contributed by atoms with Gasteiger partial charge in [-0.25, -0.2) is 9.78 Å². The van der Waals surface area contributed by atoms with Crippen LogP contribution >= 0.6 is 0 Å². The zero-order valence-corrected chi connectivity index (χ0v) is 6.52. The highest BCUT2D eigenvalue weighted by molar-refractivity contribution is 5.66. The van der Waals surface area contributed by atoms with Gasteiger partial charge in [-0.3, -0.25) is 0 Å². The minimum absolute atomic E-state index is 0.0608. The average molecular weight is 168 g/mol. The molecule has 0 fully saturated rings. The summed E-state index contributed by atoms with van der Waals surface area (Å²) < 4.78 is 4.43. The first-order chi connectivity index (χ1) is 5.72. The number of hydrogen-bond donors (Lipinski definition) is 1. The smallest absolute Gasteiger partial charge is 0.374 e. The first-order valence-corrected chi connectivity index (χ1v) is 3.37. The van der Waals surface area contributed by atoms with E-state index in [0.29, 0.717) is 12.2 Å². The topological polar surface area (TPSA) is 91.0 Å². The molecule has 0 bridgehead atoms. The lowest BCUT2D eigenvalue weighted by atomic mass is 10.5. The fourth-order valence-corrected chi connectivity index (χ4v) is 0.623. The molecule has 1 aromatic heterocycles. The Morgan fingerprint density at radius 3 is 3.00 bits per heavy atom. The number of amides is 1. The maximum Gasteiger partial charge on any atom is 0.412 e. The third-order valence-electron chi connectivity index (χ3n) is 1.11. The molecule has 6 heteroatoms. The van der Waals surface area contributed by atoms with Crippen LogP contribution in [0.2, 0.25) is 0 Å². The Morgan fingerprint density at radius 2 is 2.42 bits per heavy atom. The number of aromatic nitrogens is 3. The maximum absolute atomic E-state index is 10.3. The molecule has 1 amide bonds. The van der Waals surface area contributed by atoms with Crippen LogP contribution in [-0.4, -0.2) is 21.0 Å². The normalized spacial score (nSPS) is 9.42. The Kier molecular flexibility index (Phi) is 2.52. The molecule has 0 spiro atoms. The van der Waals surface area contributed by atoms with E-state index in [9.17, 15) is 4.79 Å². The summed E-state index contributed by atoms with van der Waals surface area (Å²) in [5.41, 5.74) is 4.75. The Bertz CT molecular complexity index is 289. The molecule has 0 aliphatic rings. The molecule has 64 valence electrons. The molecule has 0 aromatic carbocycles. The molecule has 0 unspecified atom stereocenters. The Balaban J connectivity index is 2.79. The number of carbonyl (C=O) groups excluding carboxylic acids is 1. The van der Waals surface area contributed by atoms with Crippen molar-refractivity contribution < 1.29 is 9.53 Å². The number of hydrogen-bond acceptors (Lipinski definition) is 5. The van der Waals surface area contributed by atoms with Crippen LogP contribution in [0.15, 0.2) is 6.33 Å². The number of nitrogens with two attached hydrogens (primary N) is 1. The number of aryl methyl sites for hydroxylation is 1.